The number of nitrogens with zero attached hydrogens (tertiary/aromatic N) is 2. The first-order valence-corrected chi connectivity index (χ1v) is 11.1. The number of hydrogen-bond acceptors (Lipinski definition) is 3. The van der Waals surface area contributed by atoms with Gasteiger partial charge < -0.3 is 15.1 Å². The lowest BCUT2D eigenvalue weighted by Crippen LogP contribution is -2.61. The first-order valence-electron chi connectivity index (χ1n) is 11.1. The van der Waals surface area contributed by atoms with Crippen molar-refractivity contribution in [3.8, 4) is 0 Å². The van der Waals surface area contributed by atoms with E-state index in [0.29, 0.717) is 29.9 Å². The summed E-state index contributed by atoms with van der Waals surface area (Å²) < 4.78 is 0. The molecule has 1 fully saturated rings. The van der Waals surface area contributed by atoms with Crippen LogP contribution in [0.2, 0.25) is 0 Å². The molecule has 3 rings (SSSR count). The Morgan fingerprint density at radius 3 is 2.06 bits per heavy atom. The Balaban J connectivity index is 1.78. The Hall–Kier alpha value is -3.15. The minimum Gasteiger partial charge on any atom is -0.338 e. The molecular formula is C26H33N3O3. The molecule has 0 saturated carbocycles. The van der Waals surface area contributed by atoms with Gasteiger partial charge in [-0.05, 0) is 50.6 Å². The van der Waals surface area contributed by atoms with Gasteiger partial charge in [-0.25, -0.2) is 0 Å². The number of anilines is 1. The minimum atomic E-state index is -0.450. The molecule has 0 aliphatic carbocycles. The summed E-state index contributed by atoms with van der Waals surface area (Å²) in [4.78, 5) is 42.5. The second kappa shape index (κ2) is 9.15. The molecule has 0 spiro atoms. The molecule has 1 heterocycles. The van der Waals surface area contributed by atoms with Crippen LogP contribution >= 0.6 is 0 Å². The van der Waals surface area contributed by atoms with Gasteiger partial charge >= 0.3 is 0 Å². The van der Waals surface area contributed by atoms with Crippen LogP contribution in [0.25, 0.3) is 0 Å². The third-order valence-corrected chi connectivity index (χ3v) is 5.85. The average molecular weight is 436 g/mol. The standard InChI is InChI=1S/C26H33N3O3/c1-17-12-13-21(14-22(17)27-23(30)20-10-8-7-9-11-20)24(31)29-18(2)15-28(16-19(29)3)25(32)26(4,5)6/h7-14,18-19H,15-16H2,1-6H3,(H,27,30)/t18-,19-/m1/s1. The molecule has 0 aromatic heterocycles. The van der Waals surface area contributed by atoms with E-state index in [9.17, 15) is 14.4 Å². The molecule has 32 heavy (non-hydrogen) atoms. The van der Waals surface area contributed by atoms with Gasteiger partial charge in [-0.1, -0.05) is 45.0 Å². The first-order chi connectivity index (χ1) is 15.0. The monoisotopic (exact) mass is 435 g/mol. The van der Waals surface area contributed by atoms with Crippen molar-refractivity contribution in [1.82, 2.24) is 9.80 Å². The van der Waals surface area contributed by atoms with Gasteiger partial charge in [-0.3, -0.25) is 14.4 Å². The molecule has 2 atom stereocenters. The molecule has 1 aliphatic heterocycles. The lowest BCUT2D eigenvalue weighted by molar-refractivity contribution is -0.143. The van der Waals surface area contributed by atoms with E-state index in [1.165, 1.54) is 0 Å². The topological polar surface area (TPSA) is 69.7 Å². The SMILES string of the molecule is Cc1ccc(C(=O)N2[C@H](C)CN(C(=O)C(C)(C)C)C[C@H]2C)cc1NC(=O)c1ccccc1. The largest absolute Gasteiger partial charge is 0.338 e. The van der Waals surface area contributed by atoms with E-state index in [1.54, 1.807) is 24.3 Å². The molecule has 3 amide bonds. The number of carbonyl (C=O) groups excluding carboxylic acids is 3. The van der Waals surface area contributed by atoms with Crippen LogP contribution in [-0.4, -0.2) is 52.7 Å². The van der Waals surface area contributed by atoms with Crippen LogP contribution < -0.4 is 5.32 Å². The highest BCUT2D eigenvalue weighted by molar-refractivity contribution is 6.05. The number of nitrogens with one attached hydrogen (secondary N) is 1. The third kappa shape index (κ3) is 5.01. The van der Waals surface area contributed by atoms with E-state index >= 15 is 0 Å². The van der Waals surface area contributed by atoms with Crippen molar-refractivity contribution in [3.05, 3.63) is 65.2 Å². The van der Waals surface area contributed by atoms with Gasteiger partial charge in [0.1, 0.15) is 0 Å². The Kier molecular flexibility index (Phi) is 6.72. The van der Waals surface area contributed by atoms with E-state index in [0.717, 1.165) is 5.56 Å². The fourth-order valence-electron chi connectivity index (χ4n) is 4.19. The Bertz CT molecular complexity index is 999. The lowest BCUT2D eigenvalue weighted by atomic mass is 9.93. The highest BCUT2D eigenvalue weighted by atomic mass is 16.2. The van der Waals surface area contributed by atoms with Gasteiger partial charge in [-0.2, -0.15) is 0 Å². The molecule has 6 nitrogen and oxygen atoms in total. The van der Waals surface area contributed by atoms with Gasteiger partial charge in [-0.15, -0.1) is 0 Å². The predicted octanol–water partition coefficient (Wildman–Crippen LogP) is 4.35. The second-order valence-corrected chi connectivity index (χ2v) is 9.72. The Morgan fingerprint density at radius 1 is 0.906 bits per heavy atom. The highest BCUT2D eigenvalue weighted by Gasteiger charge is 2.38. The summed E-state index contributed by atoms with van der Waals surface area (Å²) in [5.74, 6) is -0.207. The molecule has 6 heteroatoms. The van der Waals surface area contributed by atoms with Crippen LogP contribution in [0.4, 0.5) is 5.69 Å². The van der Waals surface area contributed by atoms with E-state index in [-0.39, 0.29) is 29.8 Å². The maximum absolute atomic E-state index is 13.4. The third-order valence-electron chi connectivity index (χ3n) is 5.85. The highest BCUT2D eigenvalue weighted by Crippen LogP contribution is 2.26. The van der Waals surface area contributed by atoms with Gasteiger partial charge in [0.25, 0.3) is 11.8 Å². The predicted molar refractivity (Wildman–Crippen MR) is 127 cm³/mol. The van der Waals surface area contributed by atoms with Gasteiger partial charge in [0, 0.05) is 47.4 Å². The van der Waals surface area contributed by atoms with Crippen molar-refractivity contribution in [1.29, 1.82) is 0 Å². The summed E-state index contributed by atoms with van der Waals surface area (Å²) in [7, 11) is 0. The van der Waals surface area contributed by atoms with Crippen molar-refractivity contribution in [3.63, 3.8) is 0 Å². The molecule has 0 radical (unpaired) electrons. The van der Waals surface area contributed by atoms with Gasteiger partial charge in [0.2, 0.25) is 5.91 Å². The van der Waals surface area contributed by atoms with Crippen LogP contribution in [0.15, 0.2) is 48.5 Å². The zero-order chi connectivity index (χ0) is 23.6. The quantitative estimate of drug-likeness (QED) is 0.779. The maximum Gasteiger partial charge on any atom is 0.255 e. The smallest absolute Gasteiger partial charge is 0.255 e. The molecule has 170 valence electrons. The van der Waals surface area contributed by atoms with Gasteiger partial charge in [0.15, 0.2) is 0 Å². The van der Waals surface area contributed by atoms with Crippen molar-refractivity contribution in [2.75, 3.05) is 18.4 Å². The zero-order valence-corrected chi connectivity index (χ0v) is 19.8. The summed E-state index contributed by atoms with van der Waals surface area (Å²) in [6, 6.07) is 14.2. The van der Waals surface area contributed by atoms with E-state index in [4.69, 9.17) is 0 Å². The number of amides is 3. The van der Waals surface area contributed by atoms with Crippen LogP contribution in [0.1, 0.15) is 60.9 Å². The number of piperazine rings is 1. The summed E-state index contributed by atoms with van der Waals surface area (Å²) >= 11 is 0. The van der Waals surface area contributed by atoms with Crippen molar-refractivity contribution in [2.24, 2.45) is 5.41 Å². The molecule has 1 aliphatic rings. The van der Waals surface area contributed by atoms with E-state index < -0.39 is 5.41 Å². The normalized spacial score (nSPS) is 18.9. The maximum atomic E-state index is 13.4. The lowest BCUT2D eigenvalue weighted by Gasteiger charge is -2.46. The summed E-state index contributed by atoms with van der Waals surface area (Å²) in [6.45, 7) is 12.6. The first kappa shape index (κ1) is 23.5. The number of benzene rings is 2. The van der Waals surface area contributed by atoms with Crippen LogP contribution in [0.3, 0.4) is 0 Å². The summed E-state index contributed by atoms with van der Waals surface area (Å²) in [5, 5.41) is 2.92. The van der Waals surface area contributed by atoms with Crippen LogP contribution in [0.5, 0.6) is 0 Å². The second-order valence-electron chi connectivity index (χ2n) is 9.72. The molecule has 2 aromatic rings. The van der Waals surface area contributed by atoms with E-state index in [1.807, 2.05) is 75.6 Å². The number of hydrogen-bond donors (Lipinski definition) is 1. The summed E-state index contributed by atoms with van der Waals surface area (Å²) in [6.07, 6.45) is 0. The fraction of sp³-hybridized carbons (Fsp3) is 0.423. The molecular weight excluding hydrogens is 402 g/mol. The zero-order valence-electron chi connectivity index (χ0n) is 19.8. The molecule has 1 N–H and O–H groups in total. The van der Waals surface area contributed by atoms with Crippen molar-refractivity contribution >= 4 is 23.4 Å². The van der Waals surface area contributed by atoms with Crippen LogP contribution in [-0.2, 0) is 4.79 Å². The minimum absolute atomic E-state index is 0.0944. The number of aryl methyl sites for hydroxylation is 1. The number of carbonyl (C=O) groups is 3. The molecule has 1 saturated heterocycles. The van der Waals surface area contributed by atoms with Crippen molar-refractivity contribution in [2.45, 2.75) is 53.6 Å². The summed E-state index contributed by atoms with van der Waals surface area (Å²) in [5.41, 5.74) is 2.13. The molecule has 0 bridgehead atoms. The van der Waals surface area contributed by atoms with E-state index in [2.05, 4.69) is 5.32 Å². The molecule has 2 aromatic carbocycles. The van der Waals surface area contributed by atoms with Crippen LogP contribution in [0, 0.1) is 12.3 Å². The Morgan fingerprint density at radius 2 is 1.50 bits per heavy atom. The average Bonchev–Trinajstić information content (AvgIpc) is 2.74. The Labute approximate surface area is 190 Å². The van der Waals surface area contributed by atoms with Gasteiger partial charge in [0.05, 0.1) is 0 Å². The molecule has 0 unspecified atom stereocenters. The number of rotatable bonds is 3. The van der Waals surface area contributed by atoms with Crippen molar-refractivity contribution < 1.29 is 14.4 Å². The fourth-order valence-corrected chi connectivity index (χ4v) is 4.19.